The number of carbonyl (C=O) groups is 1. The Hall–Kier alpha value is -2.50. The van der Waals surface area contributed by atoms with Gasteiger partial charge in [0.15, 0.2) is 0 Å². The normalized spacial score (nSPS) is 11.8. The number of halogens is 1. The number of nitrogens with zero attached hydrogens (tertiary/aromatic N) is 2. The number of carbonyl (C=O) groups excluding carboxylic acids is 1. The summed E-state index contributed by atoms with van der Waals surface area (Å²) in [5, 5.41) is 5.59. The molecule has 1 amide bonds. The molecular formula is C15H17FN4O. The lowest BCUT2D eigenvalue weighted by Gasteiger charge is -2.14. The van der Waals surface area contributed by atoms with E-state index in [0.717, 1.165) is 0 Å². The fraction of sp³-hybridized carbons (Fsp3) is 0.267. The maximum Gasteiger partial charge on any atom is 0.271 e. The minimum absolute atomic E-state index is 0.216. The molecule has 0 radical (unpaired) electrons. The van der Waals surface area contributed by atoms with Gasteiger partial charge >= 0.3 is 0 Å². The van der Waals surface area contributed by atoms with Crippen LogP contribution in [0.5, 0.6) is 0 Å². The van der Waals surface area contributed by atoms with Crippen molar-refractivity contribution in [3.05, 3.63) is 53.2 Å². The van der Waals surface area contributed by atoms with E-state index in [0.29, 0.717) is 16.9 Å². The number of nitrogens with one attached hydrogen (secondary N) is 2. The number of aromatic nitrogens is 2. The van der Waals surface area contributed by atoms with Gasteiger partial charge in [0.05, 0.1) is 18.4 Å². The number of anilines is 1. The average molecular weight is 288 g/mol. The lowest BCUT2D eigenvalue weighted by molar-refractivity contribution is 0.0934. The van der Waals surface area contributed by atoms with Gasteiger partial charge in [0.2, 0.25) is 0 Å². The standard InChI is InChI=1S/C15H17FN4O/c1-9-4-5-11(6-12(9)16)10(2)20-15(21)13-7-19-14(17-3)8-18-13/h4-8,10H,1-3H3,(H,17,19)(H,20,21). The van der Waals surface area contributed by atoms with Crippen LogP contribution >= 0.6 is 0 Å². The molecule has 0 saturated heterocycles. The van der Waals surface area contributed by atoms with Crippen molar-refractivity contribution < 1.29 is 9.18 Å². The smallest absolute Gasteiger partial charge is 0.271 e. The van der Waals surface area contributed by atoms with Crippen LogP contribution in [-0.4, -0.2) is 22.9 Å². The number of rotatable bonds is 4. The molecule has 0 saturated carbocycles. The predicted molar refractivity (Wildman–Crippen MR) is 78.6 cm³/mol. The lowest BCUT2D eigenvalue weighted by atomic mass is 10.1. The van der Waals surface area contributed by atoms with Gasteiger partial charge in [-0.2, -0.15) is 0 Å². The molecule has 0 aliphatic heterocycles. The van der Waals surface area contributed by atoms with E-state index in [9.17, 15) is 9.18 Å². The molecule has 0 bridgehead atoms. The third kappa shape index (κ3) is 3.53. The van der Waals surface area contributed by atoms with E-state index >= 15 is 0 Å². The Balaban J connectivity index is 2.08. The molecule has 1 unspecified atom stereocenters. The number of hydrogen-bond donors (Lipinski definition) is 2. The van der Waals surface area contributed by atoms with Crippen molar-refractivity contribution in [1.29, 1.82) is 0 Å². The first-order valence-electron chi connectivity index (χ1n) is 6.58. The number of amides is 1. The fourth-order valence-electron chi connectivity index (χ4n) is 1.81. The molecule has 0 spiro atoms. The second-order valence-electron chi connectivity index (χ2n) is 4.74. The van der Waals surface area contributed by atoms with Crippen LogP contribution in [0.3, 0.4) is 0 Å². The highest BCUT2D eigenvalue weighted by Crippen LogP contribution is 2.16. The molecule has 0 fully saturated rings. The maximum absolute atomic E-state index is 13.5. The molecular weight excluding hydrogens is 271 g/mol. The number of hydrogen-bond acceptors (Lipinski definition) is 4. The molecule has 5 nitrogen and oxygen atoms in total. The van der Waals surface area contributed by atoms with E-state index in [-0.39, 0.29) is 23.5 Å². The summed E-state index contributed by atoms with van der Waals surface area (Å²) in [6.45, 7) is 3.48. The van der Waals surface area contributed by atoms with Crippen molar-refractivity contribution >= 4 is 11.7 Å². The van der Waals surface area contributed by atoms with Crippen molar-refractivity contribution in [2.24, 2.45) is 0 Å². The molecule has 2 N–H and O–H groups in total. The third-order valence-corrected chi connectivity index (χ3v) is 3.18. The van der Waals surface area contributed by atoms with Gasteiger partial charge in [-0.25, -0.2) is 14.4 Å². The van der Waals surface area contributed by atoms with Crippen LogP contribution in [0.15, 0.2) is 30.6 Å². The first-order chi connectivity index (χ1) is 10.0. The second-order valence-corrected chi connectivity index (χ2v) is 4.74. The summed E-state index contributed by atoms with van der Waals surface area (Å²) in [6, 6.07) is 4.59. The largest absolute Gasteiger partial charge is 0.372 e. The van der Waals surface area contributed by atoms with E-state index in [4.69, 9.17) is 0 Å². The summed E-state index contributed by atoms with van der Waals surface area (Å²) in [4.78, 5) is 20.1. The lowest BCUT2D eigenvalue weighted by Crippen LogP contribution is -2.27. The summed E-state index contributed by atoms with van der Waals surface area (Å²) < 4.78 is 13.5. The van der Waals surface area contributed by atoms with Crippen LogP contribution in [-0.2, 0) is 0 Å². The molecule has 2 aromatic rings. The zero-order valence-electron chi connectivity index (χ0n) is 12.1. The van der Waals surface area contributed by atoms with Gasteiger partial charge in [0, 0.05) is 7.05 Å². The van der Waals surface area contributed by atoms with E-state index in [1.807, 2.05) is 0 Å². The predicted octanol–water partition coefficient (Wildman–Crippen LogP) is 2.46. The molecule has 0 aliphatic rings. The molecule has 1 aromatic heterocycles. The minimum Gasteiger partial charge on any atom is -0.372 e. The molecule has 1 aromatic carbocycles. The Morgan fingerprint density at radius 1 is 1.29 bits per heavy atom. The molecule has 2 rings (SSSR count). The summed E-state index contributed by atoms with van der Waals surface area (Å²) in [6.07, 6.45) is 2.87. The van der Waals surface area contributed by atoms with Crippen molar-refractivity contribution in [1.82, 2.24) is 15.3 Å². The molecule has 21 heavy (non-hydrogen) atoms. The van der Waals surface area contributed by atoms with Gasteiger partial charge in [0.25, 0.3) is 5.91 Å². The van der Waals surface area contributed by atoms with Crippen molar-refractivity contribution in [2.75, 3.05) is 12.4 Å². The Bertz CT molecular complexity index is 643. The van der Waals surface area contributed by atoms with Crippen LogP contribution < -0.4 is 10.6 Å². The SMILES string of the molecule is CNc1cnc(C(=O)NC(C)c2ccc(C)c(F)c2)cn1. The molecule has 1 atom stereocenters. The van der Waals surface area contributed by atoms with Crippen molar-refractivity contribution in [3.8, 4) is 0 Å². The van der Waals surface area contributed by atoms with Gasteiger partial charge < -0.3 is 10.6 Å². The maximum atomic E-state index is 13.5. The van der Waals surface area contributed by atoms with Gasteiger partial charge in [-0.3, -0.25) is 4.79 Å². The second kappa shape index (κ2) is 6.30. The van der Waals surface area contributed by atoms with Crippen LogP contribution in [0.4, 0.5) is 10.2 Å². The highest BCUT2D eigenvalue weighted by atomic mass is 19.1. The fourth-order valence-corrected chi connectivity index (χ4v) is 1.81. The van der Waals surface area contributed by atoms with Gasteiger partial charge in [0.1, 0.15) is 17.3 Å². The Kier molecular flexibility index (Phi) is 4.47. The molecule has 6 heteroatoms. The summed E-state index contributed by atoms with van der Waals surface area (Å²) in [7, 11) is 1.72. The molecule has 1 heterocycles. The summed E-state index contributed by atoms with van der Waals surface area (Å²) in [5.41, 5.74) is 1.49. The Labute approximate surface area is 122 Å². The Morgan fingerprint density at radius 2 is 2.05 bits per heavy atom. The minimum atomic E-state index is -0.348. The van der Waals surface area contributed by atoms with E-state index < -0.39 is 0 Å². The van der Waals surface area contributed by atoms with Crippen LogP contribution in [0.25, 0.3) is 0 Å². The Morgan fingerprint density at radius 3 is 2.62 bits per heavy atom. The summed E-state index contributed by atoms with van der Waals surface area (Å²) >= 11 is 0. The van der Waals surface area contributed by atoms with Gasteiger partial charge in [-0.1, -0.05) is 12.1 Å². The van der Waals surface area contributed by atoms with E-state index in [1.165, 1.54) is 18.5 Å². The van der Waals surface area contributed by atoms with Gasteiger partial charge in [-0.15, -0.1) is 0 Å². The van der Waals surface area contributed by atoms with Crippen LogP contribution in [0.1, 0.15) is 34.6 Å². The molecule has 110 valence electrons. The molecule has 0 aliphatic carbocycles. The number of aryl methyl sites for hydroxylation is 1. The average Bonchev–Trinajstić information content (AvgIpc) is 2.50. The monoisotopic (exact) mass is 288 g/mol. The third-order valence-electron chi connectivity index (χ3n) is 3.18. The number of benzene rings is 1. The zero-order valence-corrected chi connectivity index (χ0v) is 12.1. The van der Waals surface area contributed by atoms with Gasteiger partial charge in [-0.05, 0) is 31.0 Å². The first kappa shape index (κ1) is 14.9. The van der Waals surface area contributed by atoms with Crippen molar-refractivity contribution in [3.63, 3.8) is 0 Å². The van der Waals surface area contributed by atoms with E-state index in [1.54, 1.807) is 33.0 Å². The van der Waals surface area contributed by atoms with E-state index in [2.05, 4.69) is 20.6 Å². The highest BCUT2D eigenvalue weighted by molar-refractivity contribution is 5.92. The van der Waals surface area contributed by atoms with Crippen LogP contribution in [0, 0.1) is 12.7 Å². The highest BCUT2D eigenvalue weighted by Gasteiger charge is 2.14. The first-order valence-corrected chi connectivity index (χ1v) is 6.58. The topological polar surface area (TPSA) is 66.9 Å². The zero-order chi connectivity index (χ0) is 15.4. The quantitative estimate of drug-likeness (QED) is 0.907. The van der Waals surface area contributed by atoms with Crippen molar-refractivity contribution in [2.45, 2.75) is 19.9 Å². The summed E-state index contributed by atoms with van der Waals surface area (Å²) in [5.74, 6) is -0.0504. The van der Waals surface area contributed by atoms with Crippen LogP contribution in [0.2, 0.25) is 0 Å².